The van der Waals surface area contributed by atoms with Crippen LogP contribution in [-0.4, -0.2) is 34.8 Å². The highest BCUT2D eigenvalue weighted by atomic mass is 35.5. The Morgan fingerprint density at radius 3 is 2.51 bits per heavy atom. The third kappa shape index (κ3) is 5.23. The van der Waals surface area contributed by atoms with Gasteiger partial charge in [0.15, 0.2) is 5.69 Å². The first-order valence-electron chi connectivity index (χ1n) is 11.9. The lowest BCUT2D eigenvalue weighted by Gasteiger charge is -2.36. The summed E-state index contributed by atoms with van der Waals surface area (Å²) in [5, 5.41) is 5.74. The van der Waals surface area contributed by atoms with Crippen LogP contribution >= 0.6 is 11.6 Å². The number of nitrogens with one attached hydrogen (secondary N) is 2. The smallest absolute Gasteiger partial charge is 0.290 e. The summed E-state index contributed by atoms with van der Waals surface area (Å²) >= 11 is 6.20. The maximum atomic E-state index is 13.4. The van der Waals surface area contributed by atoms with E-state index in [0.717, 1.165) is 24.8 Å². The molecule has 1 aromatic heterocycles. The number of benzene rings is 2. The Balaban J connectivity index is 1.60. The first kappa shape index (κ1) is 24.9. The zero-order valence-electron chi connectivity index (χ0n) is 19.7. The molecule has 0 atom stereocenters. The Morgan fingerprint density at radius 2 is 1.80 bits per heavy atom. The second-order valence-corrected chi connectivity index (χ2v) is 9.18. The third-order valence-electron chi connectivity index (χ3n) is 6.50. The van der Waals surface area contributed by atoms with Gasteiger partial charge in [-0.25, -0.2) is 4.68 Å². The van der Waals surface area contributed by atoms with Gasteiger partial charge in [0.1, 0.15) is 0 Å². The molecule has 1 aliphatic heterocycles. The number of aromatic nitrogens is 2. The monoisotopic (exact) mass is 496 g/mol. The fourth-order valence-corrected chi connectivity index (χ4v) is 4.70. The van der Waals surface area contributed by atoms with Crippen molar-refractivity contribution in [2.45, 2.75) is 51.0 Å². The van der Waals surface area contributed by atoms with Gasteiger partial charge in [-0.05, 0) is 43.0 Å². The number of carbonyl (C=O) groups excluding carboxylic acids is 2. The van der Waals surface area contributed by atoms with Gasteiger partial charge in [0.2, 0.25) is 5.91 Å². The van der Waals surface area contributed by atoms with Crippen LogP contribution in [0.2, 0.25) is 5.02 Å². The highest BCUT2D eigenvalue weighted by molar-refractivity contribution is 6.30. The number of halogens is 1. The molecule has 0 aliphatic carbocycles. The number of carbonyl (C=O) groups is 2. The van der Waals surface area contributed by atoms with Crippen molar-refractivity contribution < 1.29 is 14.3 Å². The molecule has 0 bridgehead atoms. The Labute approximate surface area is 208 Å². The number of hydrazine groups is 1. The van der Waals surface area contributed by atoms with Crippen molar-refractivity contribution in [2.75, 3.05) is 13.2 Å². The molecule has 35 heavy (non-hydrogen) atoms. The molecule has 0 spiro atoms. The number of unbranched alkanes of at least 4 members (excludes halogenated alkanes) is 2. The van der Waals surface area contributed by atoms with E-state index in [2.05, 4.69) is 22.9 Å². The van der Waals surface area contributed by atoms with Gasteiger partial charge >= 0.3 is 0 Å². The lowest BCUT2D eigenvalue weighted by Crippen LogP contribution is -2.53. The summed E-state index contributed by atoms with van der Waals surface area (Å²) in [5.41, 5.74) is 4.85. The predicted octanol–water partition coefficient (Wildman–Crippen LogP) is 3.75. The van der Waals surface area contributed by atoms with Gasteiger partial charge in [-0.2, -0.15) is 5.10 Å². The molecule has 0 saturated carbocycles. The number of hydrogen-bond donors (Lipinski definition) is 2. The number of amides is 2. The van der Waals surface area contributed by atoms with E-state index >= 15 is 0 Å². The minimum absolute atomic E-state index is 0.0841. The van der Waals surface area contributed by atoms with Crippen LogP contribution in [0.25, 0.3) is 10.8 Å². The average molecular weight is 497 g/mol. The van der Waals surface area contributed by atoms with Gasteiger partial charge in [-0.1, -0.05) is 61.7 Å². The molecule has 184 valence electrons. The molecule has 4 rings (SSSR count). The van der Waals surface area contributed by atoms with Crippen molar-refractivity contribution in [2.24, 2.45) is 0 Å². The van der Waals surface area contributed by atoms with E-state index in [1.807, 2.05) is 6.07 Å². The van der Waals surface area contributed by atoms with Crippen LogP contribution in [0.15, 0.2) is 53.3 Å². The SMILES string of the molecule is CCCCCn1nc(C(=O)NNC(=O)C2(c3cccc(Cl)c3)CCOCC2)c2ccccc2c1=O. The molecule has 2 amide bonds. The van der Waals surface area contributed by atoms with Crippen LogP contribution in [0, 0.1) is 0 Å². The van der Waals surface area contributed by atoms with Crippen LogP contribution in [0.5, 0.6) is 0 Å². The van der Waals surface area contributed by atoms with Crippen LogP contribution in [0.4, 0.5) is 0 Å². The lowest BCUT2D eigenvalue weighted by molar-refractivity contribution is -0.131. The van der Waals surface area contributed by atoms with E-state index in [1.165, 1.54) is 4.68 Å². The van der Waals surface area contributed by atoms with Gasteiger partial charge < -0.3 is 4.74 Å². The Kier molecular flexibility index (Phi) is 7.83. The molecule has 9 heteroatoms. The second-order valence-electron chi connectivity index (χ2n) is 8.74. The normalized spacial score (nSPS) is 15.0. The number of rotatable bonds is 7. The molecule has 1 fully saturated rings. The quantitative estimate of drug-likeness (QED) is 0.383. The van der Waals surface area contributed by atoms with Crippen molar-refractivity contribution in [1.82, 2.24) is 20.6 Å². The molecule has 2 N–H and O–H groups in total. The van der Waals surface area contributed by atoms with Crippen LogP contribution in [0.1, 0.15) is 55.1 Å². The molecule has 3 aromatic rings. The number of hydrogen-bond acceptors (Lipinski definition) is 5. The molecule has 2 aromatic carbocycles. The molecular weight excluding hydrogens is 468 g/mol. The summed E-state index contributed by atoms with van der Waals surface area (Å²) < 4.78 is 6.83. The fourth-order valence-electron chi connectivity index (χ4n) is 4.51. The number of ether oxygens (including phenoxy) is 1. The van der Waals surface area contributed by atoms with E-state index in [1.54, 1.807) is 42.5 Å². The van der Waals surface area contributed by atoms with Crippen molar-refractivity contribution in [3.8, 4) is 0 Å². The van der Waals surface area contributed by atoms with Crippen molar-refractivity contribution >= 4 is 34.2 Å². The first-order chi connectivity index (χ1) is 17.0. The second kappa shape index (κ2) is 11.0. The maximum absolute atomic E-state index is 13.4. The summed E-state index contributed by atoms with van der Waals surface area (Å²) in [6.07, 6.45) is 3.65. The van der Waals surface area contributed by atoms with Gasteiger partial charge in [0.25, 0.3) is 11.5 Å². The van der Waals surface area contributed by atoms with Crippen molar-refractivity contribution in [1.29, 1.82) is 0 Å². The molecule has 0 unspecified atom stereocenters. The van der Waals surface area contributed by atoms with Crippen molar-refractivity contribution in [3.63, 3.8) is 0 Å². The number of fused-ring (bicyclic) bond motifs is 1. The van der Waals surface area contributed by atoms with Crippen LogP contribution < -0.4 is 16.4 Å². The molecule has 0 radical (unpaired) electrons. The van der Waals surface area contributed by atoms with Crippen molar-refractivity contribution in [3.05, 3.63) is 75.2 Å². The Hall–Kier alpha value is -3.23. The highest BCUT2D eigenvalue weighted by Crippen LogP contribution is 2.36. The summed E-state index contributed by atoms with van der Waals surface area (Å²) in [6.45, 7) is 3.33. The molecule has 2 heterocycles. The van der Waals surface area contributed by atoms with Gasteiger partial charge in [0.05, 0.1) is 10.8 Å². The Bertz CT molecular complexity index is 1280. The molecule has 1 saturated heterocycles. The van der Waals surface area contributed by atoms with Crippen LogP contribution in [0.3, 0.4) is 0 Å². The zero-order valence-corrected chi connectivity index (χ0v) is 20.4. The summed E-state index contributed by atoms with van der Waals surface area (Å²) in [7, 11) is 0. The largest absolute Gasteiger partial charge is 0.381 e. The van der Waals surface area contributed by atoms with E-state index in [4.69, 9.17) is 16.3 Å². The third-order valence-corrected chi connectivity index (χ3v) is 6.74. The standard InChI is InChI=1S/C26H29ClN4O4/c1-2-3-6-14-31-24(33)21-11-5-4-10-20(21)22(30-31)23(32)28-29-25(34)26(12-15-35-16-13-26)18-8-7-9-19(27)17-18/h4-5,7-11,17H,2-3,6,12-16H2,1H3,(H,28,32)(H,29,34). The summed E-state index contributed by atoms with van der Waals surface area (Å²) in [4.78, 5) is 39.5. The van der Waals surface area contributed by atoms with Gasteiger partial charge in [-0.15, -0.1) is 0 Å². The minimum atomic E-state index is -0.884. The van der Waals surface area contributed by atoms with E-state index in [9.17, 15) is 14.4 Å². The van der Waals surface area contributed by atoms with E-state index in [0.29, 0.717) is 48.4 Å². The van der Waals surface area contributed by atoms with E-state index in [-0.39, 0.29) is 17.2 Å². The first-order valence-corrected chi connectivity index (χ1v) is 12.3. The summed E-state index contributed by atoms with van der Waals surface area (Å²) in [5.74, 6) is -0.941. The van der Waals surface area contributed by atoms with E-state index < -0.39 is 11.3 Å². The highest BCUT2D eigenvalue weighted by Gasteiger charge is 2.42. The minimum Gasteiger partial charge on any atom is -0.381 e. The zero-order chi connectivity index (χ0) is 24.8. The maximum Gasteiger partial charge on any atom is 0.290 e. The topological polar surface area (TPSA) is 102 Å². The number of nitrogens with zero attached hydrogens (tertiary/aromatic N) is 2. The Morgan fingerprint density at radius 1 is 1.06 bits per heavy atom. The number of aryl methyl sites for hydroxylation is 1. The average Bonchev–Trinajstić information content (AvgIpc) is 2.89. The van der Waals surface area contributed by atoms with Crippen LogP contribution in [-0.2, 0) is 21.5 Å². The molecular formula is C26H29ClN4O4. The fraction of sp³-hybridized carbons (Fsp3) is 0.385. The summed E-state index contributed by atoms with van der Waals surface area (Å²) in [6, 6.07) is 14.1. The van der Waals surface area contributed by atoms with Gasteiger partial charge in [0, 0.05) is 30.2 Å². The van der Waals surface area contributed by atoms with Gasteiger partial charge in [-0.3, -0.25) is 25.2 Å². The predicted molar refractivity (Wildman–Crippen MR) is 134 cm³/mol. The lowest BCUT2D eigenvalue weighted by atomic mass is 9.73. The molecule has 1 aliphatic rings. The molecule has 8 nitrogen and oxygen atoms in total.